The highest BCUT2D eigenvalue weighted by atomic mass is 79.9. The van der Waals surface area contributed by atoms with Crippen LogP contribution in [0.15, 0.2) is 77.3 Å². The van der Waals surface area contributed by atoms with Crippen LogP contribution >= 0.6 is 27.5 Å². The monoisotopic (exact) mass is 675 g/mol. The summed E-state index contributed by atoms with van der Waals surface area (Å²) in [5, 5.41) is 3.37. The van der Waals surface area contributed by atoms with Gasteiger partial charge in [-0.15, -0.1) is 0 Å². The van der Waals surface area contributed by atoms with E-state index in [2.05, 4.69) is 21.2 Å². The van der Waals surface area contributed by atoms with Gasteiger partial charge in [0.15, 0.2) is 0 Å². The SMILES string of the molecule is COc1ccc(N(CC(=O)N(Cc2ccc(Br)cc2)[C@@H](Cc2ccccc2)C(=O)NC2CCCC2)S(C)(=O)=O)cc1Cl. The van der Waals surface area contributed by atoms with Crippen molar-refractivity contribution < 1.29 is 22.7 Å². The summed E-state index contributed by atoms with van der Waals surface area (Å²) >= 11 is 9.75. The third kappa shape index (κ3) is 8.49. The van der Waals surface area contributed by atoms with E-state index in [1.165, 1.54) is 24.1 Å². The summed E-state index contributed by atoms with van der Waals surface area (Å²) in [5.41, 5.74) is 1.91. The number of nitrogens with one attached hydrogen (secondary N) is 1. The number of carbonyl (C=O) groups excluding carboxylic acids is 2. The molecule has 0 spiro atoms. The Morgan fingerprint density at radius 3 is 2.29 bits per heavy atom. The molecule has 0 saturated heterocycles. The molecule has 1 N–H and O–H groups in total. The van der Waals surface area contributed by atoms with E-state index in [1.807, 2.05) is 54.6 Å². The smallest absolute Gasteiger partial charge is 0.244 e. The Labute approximate surface area is 261 Å². The second-order valence-electron chi connectivity index (χ2n) is 10.4. The molecule has 0 bridgehead atoms. The first-order valence-electron chi connectivity index (χ1n) is 13.7. The molecule has 0 unspecified atom stereocenters. The number of hydrogen-bond donors (Lipinski definition) is 1. The first-order chi connectivity index (χ1) is 20.0. The molecule has 1 fully saturated rings. The second-order valence-corrected chi connectivity index (χ2v) is 13.7. The average Bonchev–Trinajstić information content (AvgIpc) is 3.47. The van der Waals surface area contributed by atoms with Crippen molar-refractivity contribution in [3.05, 3.63) is 93.4 Å². The van der Waals surface area contributed by atoms with Crippen molar-refractivity contribution in [1.29, 1.82) is 0 Å². The predicted octanol–water partition coefficient (Wildman–Crippen LogP) is 5.58. The first kappa shape index (κ1) is 31.8. The third-order valence-corrected chi connectivity index (χ3v) is 9.31. The van der Waals surface area contributed by atoms with Gasteiger partial charge in [0.1, 0.15) is 18.3 Å². The van der Waals surface area contributed by atoms with Crippen molar-refractivity contribution in [2.24, 2.45) is 0 Å². The zero-order chi connectivity index (χ0) is 30.3. The molecule has 3 aromatic carbocycles. The highest BCUT2D eigenvalue weighted by Gasteiger charge is 2.34. The molecular formula is C31H35BrClN3O5S. The maximum atomic E-state index is 14.2. The number of methoxy groups -OCH3 is 1. The molecule has 0 aromatic heterocycles. The van der Waals surface area contributed by atoms with Crippen molar-refractivity contribution in [2.45, 2.75) is 50.7 Å². The van der Waals surface area contributed by atoms with Crippen molar-refractivity contribution in [1.82, 2.24) is 10.2 Å². The molecule has 11 heteroatoms. The number of amides is 2. The Morgan fingerprint density at radius 2 is 1.69 bits per heavy atom. The molecule has 4 rings (SSSR count). The van der Waals surface area contributed by atoms with E-state index >= 15 is 0 Å². The van der Waals surface area contributed by atoms with Gasteiger partial charge >= 0.3 is 0 Å². The Hall–Kier alpha value is -3.08. The van der Waals surface area contributed by atoms with Crippen LogP contribution in [-0.4, -0.2) is 57.1 Å². The number of hydrogen-bond acceptors (Lipinski definition) is 5. The van der Waals surface area contributed by atoms with Crippen LogP contribution in [0.2, 0.25) is 5.02 Å². The van der Waals surface area contributed by atoms with Crippen molar-refractivity contribution in [3.63, 3.8) is 0 Å². The summed E-state index contributed by atoms with van der Waals surface area (Å²) in [6.07, 6.45) is 5.18. The Kier molecular flexibility index (Phi) is 10.9. The highest BCUT2D eigenvalue weighted by molar-refractivity contribution is 9.10. The Bertz CT molecular complexity index is 1480. The minimum absolute atomic E-state index is 0.0503. The summed E-state index contributed by atoms with van der Waals surface area (Å²) < 4.78 is 33.0. The van der Waals surface area contributed by atoms with E-state index < -0.39 is 28.5 Å². The zero-order valence-corrected chi connectivity index (χ0v) is 26.8. The average molecular weight is 677 g/mol. The summed E-state index contributed by atoms with van der Waals surface area (Å²) in [6, 6.07) is 20.7. The lowest BCUT2D eigenvalue weighted by Crippen LogP contribution is -2.54. The van der Waals surface area contributed by atoms with Crippen LogP contribution in [0.1, 0.15) is 36.8 Å². The summed E-state index contributed by atoms with van der Waals surface area (Å²) in [5.74, 6) is -0.393. The highest BCUT2D eigenvalue weighted by Crippen LogP contribution is 2.30. The van der Waals surface area contributed by atoms with Gasteiger partial charge in [0.2, 0.25) is 21.8 Å². The largest absolute Gasteiger partial charge is 0.495 e. The lowest BCUT2D eigenvalue weighted by molar-refractivity contribution is -0.140. The van der Waals surface area contributed by atoms with Gasteiger partial charge in [-0.25, -0.2) is 8.42 Å². The minimum atomic E-state index is -3.91. The van der Waals surface area contributed by atoms with E-state index in [9.17, 15) is 18.0 Å². The van der Waals surface area contributed by atoms with Gasteiger partial charge in [0.25, 0.3) is 0 Å². The van der Waals surface area contributed by atoms with Crippen LogP contribution in [-0.2, 0) is 32.6 Å². The summed E-state index contributed by atoms with van der Waals surface area (Å²) in [6.45, 7) is -0.400. The third-order valence-electron chi connectivity index (χ3n) is 7.34. The van der Waals surface area contributed by atoms with Crippen LogP contribution in [0.4, 0.5) is 5.69 Å². The number of rotatable bonds is 12. The first-order valence-corrected chi connectivity index (χ1v) is 16.8. The van der Waals surface area contributed by atoms with Crippen LogP contribution < -0.4 is 14.4 Å². The molecule has 1 aliphatic carbocycles. The van der Waals surface area contributed by atoms with E-state index in [0.717, 1.165) is 51.8 Å². The fourth-order valence-electron chi connectivity index (χ4n) is 5.13. The zero-order valence-electron chi connectivity index (χ0n) is 23.6. The molecule has 8 nitrogen and oxygen atoms in total. The van der Waals surface area contributed by atoms with Gasteiger partial charge in [-0.1, -0.05) is 82.8 Å². The number of halogens is 2. The quantitative estimate of drug-likeness (QED) is 0.271. The van der Waals surface area contributed by atoms with Gasteiger partial charge in [0.05, 0.1) is 24.1 Å². The molecule has 42 heavy (non-hydrogen) atoms. The van der Waals surface area contributed by atoms with Crippen molar-refractivity contribution in [3.8, 4) is 5.75 Å². The number of sulfonamides is 1. The van der Waals surface area contributed by atoms with Crippen molar-refractivity contribution in [2.75, 3.05) is 24.2 Å². The fraction of sp³-hybridized carbons (Fsp3) is 0.355. The normalized spacial score (nSPS) is 14.3. The molecule has 3 aromatic rings. The fourth-order valence-corrected chi connectivity index (χ4v) is 6.49. The van der Waals surface area contributed by atoms with Crippen LogP contribution in [0, 0.1) is 0 Å². The van der Waals surface area contributed by atoms with Gasteiger partial charge in [-0.2, -0.15) is 0 Å². The molecule has 2 amide bonds. The van der Waals surface area contributed by atoms with E-state index in [1.54, 1.807) is 6.07 Å². The van der Waals surface area contributed by atoms with E-state index in [-0.39, 0.29) is 35.6 Å². The molecule has 0 radical (unpaired) electrons. The number of ether oxygens (including phenoxy) is 1. The number of benzene rings is 3. The summed E-state index contributed by atoms with van der Waals surface area (Å²) in [7, 11) is -2.44. The predicted molar refractivity (Wildman–Crippen MR) is 169 cm³/mol. The maximum Gasteiger partial charge on any atom is 0.244 e. The molecule has 1 aliphatic rings. The van der Waals surface area contributed by atoms with Gasteiger partial charge < -0.3 is 15.0 Å². The Balaban J connectivity index is 1.72. The van der Waals surface area contributed by atoms with Crippen LogP contribution in [0.5, 0.6) is 5.75 Å². The van der Waals surface area contributed by atoms with Crippen molar-refractivity contribution >= 4 is 55.1 Å². The van der Waals surface area contributed by atoms with Crippen LogP contribution in [0.3, 0.4) is 0 Å². The topological polar surface area (TPSA) is 96.0 Å². The standard InChI is InChI=1S/C31H35BrClN3O5S/c1-41-29-17-16-26(19-27(29)33)36(42(2,39)40)21-30(37)35(20-23-12-14-24(32)15-13-23)28(18-22-8-4-3-5-9-22)31(38)34-25-10-6-7-11-25/h3-5,8-9,12-17,19,25,28H,6-7,10-11,18,20-21H2,1-2H3,(H,34,38)/t28-/m0/s1. The minimum Gasteiger partial charge on any atom is -0.495 e. The maximum absolute atomic E-state index is 14.2. The molecule has 1 atom stereocenters. The molecule has 0 heterocycles. The summed E-state index contributed by atoms with van der Waals surface area (Å²) in [4.78, 5) is 29.6. The number of anilines is 1. The second kappa shape index (κ2) is 14.4. The lowest BCUT2D eigenvalue weighted by Gasteiger charge is -2.34. The van der Waals surface area contributed by atoms with Crippen LogP contribution in [0.25, 0.3) is 0 Å². The molecule has 0 aliphatic heterocycles. The molecule has 224 valence electrons. The number of carbonyl (C=O) groups is 2. The lowest BCUT2D eigenvalue weighted by atomic mass is 10.0. The van der Waals surface area contributed by atoms with E-state index in [4.69, 9.17) is 16.3 Å². The van der Waals surface area contributed by atoms with Gasteiger partial charge in [-0.05, 0) is 54.3 Å². The molecule has 1 saturated carbocycles. The number of nitrogens with zero attached hydrogens (tertiary/aromatic N) is 2. The Morgan fingerprint density at radius 1 is 1.02 bits per heavy atom. The molecular weight excluding hydrogens is 642 g/mol. The van der Waals surface area contributed by atoms with Gasteiger partial charge in [-0.3, -0.25) is 13.9 Å². The van der Waals surface area contributed by atoms with E-state index in [0.29, 0.717) is 5.75 Å². The van der Waals surface area contributed by atoms with Gasteiger partial charge in [0, 0.05) is 23.5 Å².